The molecule has 2 aromatic rings. The van der Waals surface area contributed by atoms with Crippen LogP contribution in [0.25, 0.3) is 0 Å². The Morgan fingerprint density at radius 2 is 2.16 bits per heavy atom. The van der Waals surface area contributed by atoms with E-state index in [1.165, 1.54) is 0 Å². The van der Waals surface area contributed by atoms with Crippen molar-refractivity contribution in [1.82, 2.24) is 10.2 Å². The van der Waals surface area contributed by atoms with E-state index >= 15 is 0 Å². The second-order valence-electron chi connectivity index (χ2n) is 4.88. The number of H-pyrrole nitrogens is 1. The Morgan fingerprint density at radius 1 is 1.42 bits per heavy atom. The highest BCUT2D eigenvalue weighted by atomic mass is 16.2. The molecule has 0 saturated carbocycles. The molecular weight excluding hydrogens is 240 g/mol. The maximum Gasteiger partial charge on any atom is 0.278 e. The van der Waals surface area contributed by atoms with Gasteiger partial charge in [0.2, 0.25) is 0 Å². The first-order valence-electron chi connectivity index (χ1n) is 6.20. The number of carbonyl (C=O) groups excluding carboxylic acids is 1. The van der Waals surface area contributed by atoms with Gasteiger partial charge in [-0.15, -0.1) is 0 Å². The van der Waals surface area contributed by atoms with Crippen LogP contribution in [0.5, 0.6) is 0 Å². The summed E-state index contributed by atoms with van der Waals surface area (Å²) in [6, 6.07) is 7.58. The summed E-state index contributed by atoms with van der Waals surface area (Å²) in [6.45, 7) is 5.95. The van der Waals surface area contributed by atoms with Crippen LogP contribution in [-0.4, -0.2) is 16.1 Å². The fourth-order valence-electron chi connectivity index (χ4n) is 1.89. The Labute approximate surface area is 112 Å². The third kappa shape index (κ3) is 2.76. The molecule has 5 nitrogen and oxygen atoms in total. The Balaban J connectivity index is 2.21. The van der Waals surface area contributed by atoms with E-state index in [0.29, 0.717) is 5.69 Å². The molecule has 100 valence electrons. The van der Waals surface area contributed by atoms with Crippen molar-refractivity contribution in [2.24, 2.45) is 0 Å². The number of aryl methyl sites for hydroxylation is 1. The molecule has 0 fully saturated rings. The lowest BCUT2D eigenvalue weighted by Gasteiger charge is -2.05. The number of carbonyl (C=O) groups is 1. The average molecular weight is 258 g/mol. The molecule has 0 unspecified atom stereocenters. The van der Waals surface area contributed by atoms with E-state index in [1.54, 1.807) is 0 Å². The van der Waals surface area contributed by atoms with Gasteiger partial charge < -0.3 is 11.1 Å². The molecule has 1 aromatic heterocycles. The van der Waals surface area contributed by atoms with Crippen LogP contribution in [0, 0.1) is 6.92 Å². The molecule has 0 aliphatic carbocycles. The van der Waals surface area contributed by atoms with Gasteiger partial charge in [0.05, 0.1) is 11.4 Å². The number of nitrogens with zero attached hydrogens (tertiary/aromatic N) is 1. The Bertz CT molecular complexity index is 601. The van der Waals surface area contributed by atoms with Gasteiger partial charge in [-0.05, 0) is 30.5 Å². The van der Waals surface area contributed by atoms with Crippen molar-refractivity contribution in [3.8, 4) is 0 Å². The molecule has 0 bridgehead atoms. The lowest BCUT2D eigenvalue weighted by atomic mass is 10.1. The number of benzene rings is 1. The number of amides is 1. The molecule has 2 rings (SSSR count). The number of aromatic nitrogens is 2. The number of nitrogens with two attached hydrogens (primary N) is 1. The first kappa shape index (κ1) is 13.1. The van der Waals surface area contributed by atoms with Gasteiger partial charge in [-0.2, -0.15) is 5.10 Å². The quantitative estimate of drug-likeness (QED) is 0.791. The lowest BCUT2D eigenvalue weighted by Crippen LogP contribution is -2.14. The Hall–Kier alpha value is -2.30. The molecular formula is C14H18N4O. The van der Waals surface area contributed by atoms with Crippen LogP contribution in [0.2, 0.25) is 0 Å². The predicted octanol–water partition coefficient (Wildman–Crippen LogP) is 2.68. The molecule has 5 heteroatoms. The number of nitrogen functional groups attached to an aromatic ring is 1. The maximum atomic E-state index is 12.1. The van der Waals surface area contributed by atoms with Gasteiger partial charge >= 0.3 is 0 Å². The van der Waals surface area contributed by atoms with Crippen molar-refractivity contribution >= 4 is 17.3 Å². The number of aromatic amines is 1. The Kier molecular flexibility index (Phi) is 3.55. The van der Waals surface area contributed by atoms with Crippen LogP contribution in [-0.2, 0) is 0 Å². The zero-order chi connectivity index (χ0) is 14.0. The minimum absolute atomic E-state index is 0.202. The molecule has 0 spiro atoms. The van der Waals surface area contributed by atoms with Gasteiger partial charge in [-0.3, -0.25) is 9.89 Å². The molecule has 0 saturated heterocycles. The molecule has 0 atom stereocenters. The largest absolute Gasteiger partial charge is 0.395 e. The zero-order valence-electron chi connectivity index (χ0n) is 11.3. The summed E-state index contributed by atoms with van der Waals surface area (Å²) in [5.74, 6) is -0.0979. The van der Waals surface area contributed by atoms with E-state index in [1.807, 2.05) is 45.0 Å². The number of hydrogen-bond acceptors (Lipinski definition) is 3. The summed E-state index contributed by atoms with van der Waals surface area (Å²) in [6.07, 6.45) is 0. The van der Waals surface area contributed by atoms with Crippen molar-refractivity contribution in [1.29, 1.82) is 0 Å². The maximum absolute atomic E-state index is 12.1. The third-order valence-corrected chi connectivity index (χ3v) is 2.90. The summed E-state index contributed by atoms with van der Waals surface area (Å²) >= 11 is 0. The molecule has 0 aliphatic rings. The van der Waals surface area contributed by atoms with Crippen LogP contribution >= 0.6 is 0 Å². The van der Waals surface area contributed by atoms with Crippen molar-refractivity contribution in [3.63, 3.8) is 0 Å². The summed E-state index contributed by atoms with van der Waals surface area (Å²) < 4.78 is 0. The predicted molar refractivity (Wildman–Crippen MR) is 76.2 cm³/mol. The standard InChI is InChI=1S/C14H18N4O/c1-8(2)12-11(15)13(18-17-12)14(19)16-10-6-4-5-9(3)7-10/h4-8H,15H2,1-3H3,(H,16,19)(H,17,18). The Morgan fingerprint density at radius 3 is 2.74 bits per heavy atom. The van der Waals surface area contributed by atoms with Crippen LogP contribution in [0.1, 0.15) is 41.5 Å². The second-order valence-corrected chi connectivity index (χ2v) is 4.88. The number of rotatable bonds is 3. The van der Waals surface area contributed by atoms with Crippen LogP contribution in [0.3, 0.4) is 0 Å². The first-order valence-corrected chi connectivity index (χ1v) is 6.20. The van der Waals surface area contributed by atoms with Gasteiger partial charge in [0.25, 0.3) is 5.91 Å². The zero-order valence-corrected chi connectivity index (χ0v) is 11.3. The van der Waals surface area contributed by atoms with Crippen molar-refractivity contribution in [3.05, 3.63) is 41.2 Å². The molecule has 1 heterocycles. The van der Waals surface area contributed by atoms with E-state index in [9.17, 15) is 4.79 Å². The fourth-order valence-corrected chi connectivity index (χ4v) is 1.89. The molecule has 0 radical (unpaired) electrons. The highest BCUT2D eigenvalue weighted by Gasteiger charge is 2.18. The molecule has 1 aromatic carbocycles. The SMILES string of the molecule is Cc1cccc(NC(=O)c2n[nH]c(C(C)C)c2N)c1. The normalized spacial score (nSPS) is 10.7. The summed E-state index contributed by atoms with van der Waals surface area (Å²) in [4.78, 5) is 12.1. The summed E-state index contributed by atoms with van der Waals surface area (Å²) in [7, 11) is 0. The average Bonchev–Trinajstić information content (AvgIpc) is 2.71. The van der Waals surface area contributed by atoms with E-state index in [-0.39, 0.29) is 17.5 Å². The van der Waals surface area contributed by atoms with Crippen LogP contribution < -0.4 is 11.1 Å². The van der Waals surface area contributed by atoms with E-state index in [0.717, 1.165) is 16.9 Å². The second kappa shape index (κ2) is 5.14. The number of hydrogen-bond donors (Lipinski definition) is 3. The van der Waals surface area contributed by atoms with Crippen molar-refractivity contribution < 1.29 is 4.79 Å². The van der Waals surface area contributed by atoms with Gasteiger partial charge in [0.1, 0.15) is 0 Å². The van der Waals surface area contributed by atoms with Crippen molar-refractivity contribution in [2.75, 3.05) is 11.1 Å². The molecule has 19 heavy (non-hydrogen) atoms. The van der Waals surface area contributed by atoms with Crippen LogP contribution in [0.15, 0.2) is 24.3 Å². The minimum atomic E-state index is -0.300. The summed E-state index contributed by atoms with van der Waals surface area (Å²) in [5.41, 5.74) is 9.19. The van der Waals surface area contributed by atoms with Gasteiger partial charge in [-0.25, -0.2) is 0 Å². The third-order valence-electron chi connectivity index (χ3n) is 2.90. The fraction of sp³-hybridized carbons (Fsp3) is 0.286. The van der Waals surface area contributed by atoms with Crippen LogP contribution in [0.4, 0.5) is 11.4 Å². The molecule has 0 aliphatic heterocycles. The highest BCUT2D eigenvalue weighted by Crippen LogP contribution is 2.22. The highest BCUT2D eigenvalue weighted by molar-refractivity contribution is 6.06. The van der Waals surface area contributed by atoms with Gasteiger partial charge in [-0.1, -0.05) is 26.0 Å². The van der Waals surface area contributed by atoms with Gasteiger partial charge in [0.15, 0.2) is 5.69 Å². The van der Waals surface area contributed by atoms with Gasteiger partial charge in [0, 0.05) is 5.69 Å². The molecule has 1 amide bonds. The van der Waals surface area contributed by atoms with Crippen molar-refractivity contribution in [2.45, 2.75) is 26.7 Å². The van der Waals surface area contributed by atoms with E-state index < -0.39 is 0 Å². The minimum Gasteiger partial charge on any atom is -0.395 e. The smallest absolute Gasteiger partial charge is 0.278 e. The number of anilines is 2. The first-order chi connectivity index (χ1) is 8.99. The van der Waals surface area contributed by atoms with E-state index in [2.05, 4.69) is 15.5 Å². The van der Waals surface area contributed by atoms with E-state index in [4.69, 9.17) is 5.73 Å². The molecule has 4 N–H and O–H groups in total. The lowest BCUT2D eigenvalue weighted by molar-refractivity contribution is 0.102. The summed E-state index contributed by atoms with van der Waals surface area (Å²) in [5, 5.41) is 9.60. The number of nitrogens with one attached hydrogen (secondary N) is 2. The topological polar surface area (TPSA) is 83.8 Å². The monoisotopic (exact) mass is 258 g/mol.